The van der Waals surface area contributed by atoms with E-state index in [1.165, 1.54) is 12.1 Å². The molecular formula is C12H14Cl2N2O3. The summed E-state index contributed by atoms with van der Waals surface area (Å²) in [5.74, 6) is 0. The molecule has 1 aliphatic rings. The SMILES string of the molecule is O=[N+]([O-])c1cc(Cl)c(N(CCO)C2CCC2)c(Cl)c1. The molecule has 0 heterocycles. The average molecular weight is 305 g/mol. The fraction of sp³-hybridized carbons (Fsp3) is 0.500. The van der Waals surface area contributed by atoms with E-state index in [-0.39, 0.29) is 22.3 Å². The summed E-state index contributed by atoms with van der Waals surface area (Å²) in [6, 6.07) is 2.89. The molecule has 1 aromatic rings. The van der Waals surface area contributed by atoms with Crippen molar-refractivity contribution in [2.24, 2.45) is 0 Å². The minimum atomic E-state index is -0.527. The number of anilines is 1. The first-order valence-corrected chi connectivity index (χ1v) is 6.81. The fourth-order valence-electron chi connectivity index (χ4n) is 2.21. The van der Waals surface area contributed by atoms with Crippen molar-refractivity contribution in [1.82, 2.24) is 0 Å². The lowest BCUT2D eigenvalue weighted by Gasteiger charge is -2.39. The molecule has 0 spiro atoms. The van der Waals surface area contributed by atoms with E-state index >= 15 is 0 Å². The highest BCUT2D eigenvalue weighted by Gasteiger charge is 2.28. The summed E-state index contributed by atoms with van der Waals surface area (Å²) < 4.78 is 0. The minimum Gasteiger partial charge on any atom is -0.395 e. The van der Waals surface area contributed by atoms with Gasteiger partial charge in [-0.15, -0.1) is 0 Å². The number of rotatable bonds is 5. The van der Waals surface area contributed by atoms with Gasteiger partial charge in [0.15, 0.2) is 0 Å². The molecule has 0 aliphatic heterocycles. The van der Waals surface area contributed by atoms with E-state index in [2.05, 4.69) is 0 Å². The van der Waals surface area contributed by atoms with E-state index in [0.29, 0.717) is 18.3 Å². The van der Waals surface area contributed by atoms with E-state index in [1.807, 2.05) is 4.90 Å². The van der Waals surface area contributed by atoms with Gasteiger partial charge in [0.1, 0.15) is 0 Å². The van der Waals surface area contributed by atoms with Crippen LogP contribution in [0.1, 0.15) is 19.3 Å². The summed E-state index contributed by atoms with van der Waals surface area (Å²) in [6.07, 6.45) is 3.17. The van der Waals surface area contributed by atoms with E-state index in [4.69, 9.17) is 28.3 Å². The second-order valence-corrected chi connectivity index (χ2v) is 5.33. The van der Waals surface area contributed by atoms with Crippen LogP contribution >= 0.6 is 23.2 Å². The van der Waals surface area contributed by atoms with Gasteiger partial charge >= 0.3 is 0 Å². The molecular weight excluding hydrogens is 291 g/mol. The Morgan fingerprint density at radius 3 is 2.32 bits per heavy atom. The van der Waals surface area contributed by atoms with Gasteiger partial charge in [0.2, 0.25) is 0 Å². The van der Waals surface area contributed by atoms with Crippen LogP contribution in [0.15, 0.2) is 12.1 Å². The van der Waals surface area contributed by atoms with Gasteiger partial charge in [0.25, 0.3) is 5.69 Å². The van der Waals surface area contributed by atoms with Crippen molar-refractivity contribution in [3.63, 3.8) is 0 Å². The van der Waals surface area contributed by atoms with Crippen molar-refractivity contribution < 1.29 is 10.0 Å². The van der Waals surface area contributed by atoms with Gasteiger partial charge in [-0.25, -0.2) is 0 Å². The number of aliphatic hydroxyl groups excluding tert-OH is 1. The Morgan fingerprint density at radius 2 is 1.95 bits per heavy atom. The lowest BCUT2D eigenvalue weighted by Crippen LogP contribution is -2.42. The van der Waals surface area contributed by atoms with Crippen LogP contribution in [0.5, 0.6) is 0 Å². The quantitative estimate of drug-likeness (QED) is 0.670. The van der Waals surface area contributed by atoms with E-state index in [9.17, 15) is 10.1 Å². The van der Waals surface area contributed by atoms with Crippen LogP contribution < -0.4 is 4.90 Å². The van der Waals surface area contributed by atoms with Crippen molar-refractivity contribution in [1.29, 1.82) is 0 Å². The standard InChI is InChI=1S/C12H14Cl2N2O3/c13-10-6-9(16(18)19)7-11(14)12(10)15(4-5-17)8-2-1-3-8/h6-8,17H,1-5H2. The lowest BCUT2D eigenvalue weighted by molar-refractivity contribution is -0.384. The number of aliphatic hydroxyl groups is 1. The highest BCUT2D eigenvalue weighted by atomic mass is 35.5. The third-order valence-electron chi connectivity index (χ3n) is 3.36. The molecule has 7 heteroatoms. The number of benzene rings is 1. The van der Waals surface area contributed by atoms with E-state index in [1.54, 1.807) is 0 Å². The molecule has 0 aromatic heterocycles. The predicted molar refractivity (Wildman–Crippen MR) is 75.2 cm³/mol. The maximum Gasteiger partial charge on any atom is 0.272 e. The van der Waals surface area contributed by atoms with Crippen LogP contribution in [0.25, 0.3) is 0 Å². The Hall–Kier alpha value is -1.04. The minimum absolute atomic E-state index is 0.0137. The zero-order chi connectivity index (χ0) is 14.0. The Kier molecular flexibility index (Phi) is 4.50. The van der Waals surface area contributed by atoms with Crippen LogP contribution in [0, 0.1) is 10.1 Å². The van der Waals surface area contributed by atoms with Gasteiger partial charge in [0, 0.05) is 24.7 Å². The first kappa shape index (κ1) is 14.4. The number of nitrogens with zero attached hydrogens (tertiary/aromatic N) is 2. The fourth-order valence-corrected chi connectivity index (χ4v) is 2.91. The van der Waals surface area contributed by atoms with Crippen molar-refractivity contribution in [3.05, 3.63) is 32.3 Å². The average Bonchev–Trinajstić information content (AvgIpc) is 2.25. The molecule has 1 fully saturated rings. The Balaban J connectivity index is 2.38. The number of halogens is 2. The molecule has 5 nitrogen and oxygen atoms in total. The topological polar surface area (TPSA) is 66.6 Å². The zero-order valence-corrected chi connectivity index (χ0v) is 11.7. The molecule has 2 rings (SSSR count). The first-order chi connectivity index (χ1) is 9.04. The van der Waals surface area contributed by atoms with Gasteiger partial charge in [-0.3, -0.25) is 10.1 Å². The highest BCUT2D eigenvalue weighted by Crippen LogP contribution is 2.41. The van der Waals surface area contributed by atoms with Gasteiger partial charge in [0.05, 0.1) is 27.3 Å². The van der Waals surface area contributed by atoms with Gasteiger partial charge in [-0.2, -0.15) is 0 Å². The van der Waals surface area contributed by atoms with Crippen LogP contribution in [0.4, 0.5) is 11.4 Å². The summed E-state index contributed by atoms with van der Waals surface area (Å²) in [5, 5.41) is 20.4. The third kappa shape index (κ3) is 2.94. The van der Waals surface area contributed by atoms with Crippen LogP contribution in [-0.4, -0.2) is 29.2 Å². The van der Waals surface area contributed by atoms with Crippen molar-refractivity contribution in [2.45, 2.75) is 25.3 Å². The monoisotopic (exact) mass is 304 g/mol. The first-order valence-electron chi connectivity index (χ1n) is 6.05. The number of hydrogen-bond acceptors (Lipinski definition) is 4. The molecule has 104 valence electrons. The second-order valence-electron chi connectivity index (χ2n) is 4.52. The van der Waals surface area contributed by atoms with Crippen molar-refractivity contribution in [2.75, 3.05) is 18.1 Å². The summed E-state index contributed by atoms with van der Waals surface area (Å²) in [5.41, 5.74) is 0.448. The van der Waals surface area contributed by atoms with Crippen molar-refractivity contribution in [3.8, 4) is 0 Å². The molecule has 0 atom stereocenters. The summed E-state index contributed by atoms with van der Waals surface area (Å²) in [6.45, 7) is 0.405. The predicted octanol–water partition coefficient (Wildman–Crippen LogP) is 3.25. The molecule has 0 radical (unpaired) electrons. The number of non-ortho nitro benzene ring substituents is 1. The molecule has 1 saturated carbocycles. The lowest BCUT2D eigenvalue weighted by atomic mass is 9.91. The second kappa shape index (κ2) is 5.94. The summed E-state index contributed by atoms with van der Waals surface area (Å²) in [4.78, 5) is 12.2. The molecule has 0 amide bonds. The Bertz CT molecular complexity index is 469. The zero-order valence-electron chi connectivity index (χ0n) is 10.2. The van der Waals surface area contributed by atoms with Gasteiger partial charge < -0.3 is 10.0 Å². The molecule has 1 N–H and O–H groups in total. The Morgan fingerprint density at radius 1 is 1.37 bits per heavy atom. The largest absolute Gasteiger partial charge is 0.395 e. The maximum absolute atomic E-state index is 10.7. The smallest absolute Gasteiger partial charge is 0.272 e. The van der Waals surface area contributed by atoms with E-state index < -0.39 is 4.92 Å². The van der Waals surface area contributed by atoms with Crippen molar-refractivity contribution >= 4 is 34.6 Å². The molecule has 1 aromatic carbocycles. The Labute approximate surface area is 120 Å². The summed E-state index contributed by atoms with van der Waals surface area (Å²) >= 11 is 12.2. The maximum atomic E-state index is 10.7. The van der Waals surface area contributed by atoms with Crippen LogP contribution in [-0.2, 0) is 0 Å². The normalized spacial score (nSPS) is 15.1. The molecule has 19 heavy (non-hydrogen) atoms. The van der Waals surface area contributed by atoms with Crippen LogP contribution in [0.2, 0.25) is 10.0 Å². The molecule has 0 saturated heterocycles. The summed E-state index contributed by atoms with van der Waals surface area (Å²) in [7, 11) is 0. The number of nitro groups is 1. The van der Waals surface area contributed by atoms with E-state index in [0.717, 1.165) is 19.3 Å². The number of nitro benzene ring substituents is 1. The van der Waals surface area contributed by atoms with Crippen LogP contribution in [0.3, 0.4) is 0 Å². The molecule has 0 bridgehead atoms. The molecule has 1 aliphatic carbocycles. The van der Waals surface area contributed by atoms with Gasteiger partial charge in [-0.1, -0.05) is 23.2 Å². The van der Waals surface area contributed by atoms with Gasteiger partial charge in [-0.05, 0) is 19.3 Å². The highest BCUT2D eigenvalue weighted by molar-refractivity contribution is 6.39. The molecule has 0 unspecified atom stereocenters. The third-order valence-corrected chi connectivity index (χ3v) is 3.93. The number of hydrogen-bond donors (Lipinski definition) is 1.